The van der Waals surface area contributed by atoms with E-state index < -0.39 is 0 Å². The summed E-state index contributed by atoms with van der Waals surface area (Å²) in [7, 11) is 0. The van der Waals surface area contributed by atoms with Gasteiger partial charge in [-0.25, -0.2) is 4.98 Å². The van der Waals surface area contributed by atoms with E-state index >= 15 is 0 Å². The van der Waals surface area contributed by atoms with Crippen LogP contribution in [-0.2, 0) is 17.8 Å². The van der Waals surface area contributed by atoms with Crippen molar-refractivity contribution in [1.29, 1.82) is 0 Å². The van der Waals surface area contributed by atoms with E-state index in [9.17, 15) is 4.79 Å². The van der Waals surface area contributed by atoms with Crippen molar-refractivity contribution in [2.75, 3.05) is 6.54 Å². The van der Waals surface area contributed by atoms with Crippen molar-refractivity contribution in [2.24, 2.45) is 0 Å². The summed E-state index contributed by atoms with van der Waals surface area (Å²) in [6.45, 7) is 3.56. The van der Waals surface area contributed by atoms with E-state index in [1.807, 2.05) is 6.07 Å². The first-order valence-corrected chi connectivity index (χ1v) is 7.70. The molecule has 0 saturated carbocycles. The van der Waals surface area contributed by atoms with Gasteiger partial charge in [-0.3, -0.25) is 4.79 Å². The molecule has 0 unspecified atom stereocenters. The van der Waals surface area contributed by atoms with Gasteiger partial charge in [-0.15, -0.1) is 0 Å². The molecule has 3 heterocycles. The van der Waals surface area contributed by atoms with Gasteiger partial charge < -0.3 is 14.3 Å². The minimum Gasteiger partial charge on any atom is -0.465 e. The molecule has 0 aliphatic carbocycles. The van der Waals surface area contributed by atoms with Crippen molar-refractivity contribution in [3.05, 3.63) is 60.3 Å². The lowest BCUT2D eigenvalue weighted by atomic mass is 10.1. The lowest BCUT2D eigenvalue weighted by Crippen LogP contribution is -2.23. The van der Waals surface area contributed by atoms with Crippen molar-refractivity contribution >= 4 is 23.0 Å². The molecule has 118 valence electrons. The molecular formula is C18H19N3O2. The van der Waals surface area contributed by atoms with Gasteiger partial charge in [0.1, 0.15) is 11.4 Å². The number of aromatic nitrogens is 2. The number of carbonyl (C=O) groups is 1. The van der Waals surface area contributed by atoms with Gasteiger partial charge in [0.2, 0.25) is 5.91 Å². The van der Waals surface area contributed by atoms with E-state index in [0.717, 1.165) is 24.0 Å². The van der Waals surface area contributed by atoms with Crippen molar-refractivity contribution in [3.63, 3.8) is 0 Å². The number of rotatable bonds is 6. The summed E-state index contributed by atoms with van der Waals surface area (Å²) in [5.41, 5.74) is 2.19. The van der Waals surface area contributed by atoms with Gasteiger partial charge in [-0.1, -0.05) is 0 Å². The summed E-state index contributed by atoms with van der Waals surface area (Å²) < 4.78 is 7.27. The number of hydrogen-bond donors (Lipinski definition) is 1. The minimum atomic E-state index is -0.126. The Kier molecular flexibility index (Phi) is 4.57. The Balaban J connectivity index is 1.59. The van der Waals surface area contributed by atoms with Crippen LogP contribution in [0.15, 0.2) is 53.4 Å². The van der Waals surface area contributed by atoms with Crippen molar-refractivity contribution in [2.45, 2.75) is 19.9 Å². The molecule has 0 atom stereocenters. The molecule has 0 saturated heterocycles. The molecule has 0 aliphatic heterocycles. The highest BCUT2D eigenvalue weighted by atomic mass is 16.3. The Morgan fingerprint density at radius 1 is 1.39 bits per heavy atom. The average Bonchev–Trinajstić information content (AvgIpc) is 3.21. The standard InChI is InChI=1S/C18H19N3O2/c1-2-21-13-14(16-6-3-10-20-18(16)21)9-11-19-17(22)8-7-15-5-4-12-23-15/h3-8,10,12-13H,2,9,11H2,1H3,(H,19,22). The third kappa shape index (κ3) is 3.51. The Morgan fingerprint density at radius 3 is 3.09 bits per heavy atom. The maximum atomic E-state index is 11.8. The highest BCUT2D eigenvalue weighted by Gasteiger charge is 2.08. The quantitative estimate of drug-likeness (QED) is 0.712. The van der Waals surface area contributed by atoms with Gasteiger partial charge in [0.15, 0.2) is 0 Å². The first-order chi connectivity index (χ1) is 11.3. The number of amides is 1. The molecule has 0 bridgehead atoms. The van der Waals surface area contributed by atoms with Gasteiger partial charge in [-0.2, -0.15) is 0 Å². The summed E-state index contributed by atoms with van der Waals surface area (Å²) in [6, 6.07) is 7.60. The van der Waals surface area contributed by atoms with Crippen LogP contribution in [0.2, 0.25) is 0 Å². The molecule has 1 N–H and O–H groups in total. The lowest BCUT2D eigenvalue weighted by Gasteiger charge is -2.01. The second-order valence-electron chi connectivity index (χ2n) is 5.20. The first-order valence-electron chi connectivity index (χ1n) is 7.70. The zero-order valence-corrected chi connectivity index (χ0v) is 13.0. The van der Waals surface area contributed by atoms with Gasteiger partial charge in [-0.05, 0) is 49.2 Å². The Labute approximate surface area is 134 Å². The second kappa shape index (κ2) is 6.96. The SMILES string of the molecule is CCn1cc(CCNC(=O)C=Cc2ccco2)c2cccnc21. The van der Waals surface area contributed by atoms with Crippen LogP contribution < -0.4 is 5.32 Å². The molecular weight excluding hydrogens is 290 g/mol. The second-order valence-corrected chi connectivity index (χ2v) is 5.20. The van der Waals surface area contributed by atoms with E-state index in [2.05, 4.69) is 34.1 Å². The number of carbonyl (C=O) groups excluding carboxylic acids is 1. The van der Waals surface area contributed by atoms with Crippen molar-refractivity contribution < 1.29 is 9.21 Å². The summed E-state index contributed by atoms with van der Waals surface area (Å²) >= 11 is 0. The molecule has 5 heteroatoms. The maximum Gasteiger partial charge on any atom is 0.244 e. The topological polar surface area (TPSA) is 60.1 Å². The largest absolute Gasteiger partial charge is 0.465 e. The highest BCUT2D eigenvalue weighted by Crippen LogP contribution is 2.19. The third-order valence-corrected chi connectivity index (χ3v) is 3.69. The van der Waals surface area contributed by atoms with E-state index in [1.165, 1.54) is 11.6 Å². The predicted octanol–water partition coefficient (Wildman–Crippen LogP) is 3.02. The fourth-order valence-electron chi connectivity index (χ4n) is 2.56. The summed E-state index contributed by atoms with van der Waals surface area (Å²) in [6.07, 6.45) is 9.41. The molecule has 0 radical (unpaired) electrons. The summed E-state index contributed by atoms with van der Waals surface area (Å²) in [5, 5.41) is 4.04. The van der Waals surface area contributed by atoms with Gasteiger partial charge in [0.05, 0.1) is 6.26 Å². The fraction of sp³-hybridized carbons (Fsp3) is 0.222. The molecule has 0 fully saturated rings. The zero-order chi connectivity index (χ0) is 16.1. The lowest BCUT2D eigenvalue weighted by molar-refractivity contribution is -0.116. The number of nitrogens with zero attached hydrogens (tertiary/aromatic N) is 2. The Bertz CT molecular complexity index is 816. The summed E-state index contributed by atoms with van der Waals surface area (Å²) in [4.78, 5) is 16.2. The molecule has 3 aromatic heterocycles. The van der Waals surface area contributed by atoms with Crippen LogP contribution in [0.4, 0.5) is 0 Å². The Morgan fingerprint density at radius 2 is 2.30 bits per heavy atom. The van der Waals surface area contributed by atoms with Gasteiger partial charge in [0.25, 0.3) is 0 Å². The first kappa shape index (κ1) is 15.1. The van der Waals surface area contributed by atoms with Crippen LogP contribution in [0.25, 0.3) is 17.1 Å². The number of hydrogen-bond acceptors (Lipinski definition) is 3. The van der Waals surface area contributed by atoms with Gasteiger partial charge in [0, 0.05) is 36.9 Å². The van der Waals surface area contributed by atoms with Gasteiger partial charge >= 0.3 is 0 Å². The monoisotopic (exact) mass is 309 g/mol. The molecule has 3 rings (SSSR count). The third-order valence-electron chi connectivity index (χ3n) is 3.69. The fourth-order valence-corrected chi connectivity index (χ4v) is 2.56. The van der Waals surface area contributed by atoms with Crippen LogP contribution in [0, 0.1) is 0 Å². The molecule has 5 nitrogen and oxygen atoms in total. The van der Waals surface area contributed by atoms with E-state index in [1.54, 1.807) is 30.7 Å². The molecule has 0 aliphatic rings. The van der Waals surface area contributed by atoms with E-state index in [0.29, 0.717) is 12.3 Å². The summed E-state index contributed by atoms with van der Waals surface area (Å²) in [5.74, 6) is 0.538. The molecule has 0 aromatic carbocycles. The molecule has 1 amide bonds. The molecule has 23 heavy (non-hydrogen) atoms. The van der Waals surface area contributed by atoms with Crippen molar-refractivity contribution in [1.82, 2.24) is 14.9 Å². The van der Waals surface area contributed by atoms with E-state index in [-0.39, 0.29) is 5.91 Å². The smallest absolute Gasteiger partial charge is 0.244 e. The van der Waals surface area contributed by atoms with Crippen LogP contribution in [0.1, 0.15) is 18.2 Å². The van der Waals surface area contributed by atoms with Crippen molar-refractivity contribution in [3.8, 4) is 0 Å². The average molecular weight is 309 g/mol. The molecule has 3 aromatic rings. The van der Waals surface area contributed by atoms with E-state index in [4.69, 9.17) is 4.42 Å². The Hall–Kier alpha value is -2.82. The maximum absolute atomic E-state index is 11.8. The number of fused-ring (bicyclic) bond motifs is 1. The minimum absolute atomic E-state index is 0.126. The number of pyridine rings is 1. The highest BCUT2D eigenvalue weighted by molar-refractivity contribution is 5.91. The zero-order valence-electron chi connectivity index (χ0n) is 13.0. The van der Waals surface area contributed by atoms with Crippen LogP contribution in [0.5, 0.6) is 0 Å². The number of furan rings is 1. The van der Waals surface area contributed by atoms with Crippen LogP contribution in [0.3, 0.4) is 0 Å². The number of nitrogens with one attached hydrogen (secondary N) is 1. The predicted molar refractivity (Wildman–Crippen MR) is 89.9 cm³/mol. The van der Waals surface area contributed by atoms with Crippen LogP contribution >= 0.6 is 0 Å². The molecule has 0 spiro atoms. The number of aryl methyl sites for hydroxylation is 1. The normalized spacial score (nSPS) is 11.3. The van der Waals surface area contributed by atoms with Crippen LogP contribution in [-0.4, -0.2) is 22.0 Å².